The third-order valence-corrected chi connectivity index (χ3v) is 3.67. The van der Waals surface area contributed by atoms with Gasteiger partial charge in [-0.15, -0.1) is 0 Å². The van der Waals surface area contributed by atoms with E-state index < -0.39 is 0 Å². The summed E-state index contributed by atoms with van der Waals surface area (Å²) >= 11 is 0.729. The van der Waals surface area contributed by atoms with E-state index in [9.17, 15) is 4.79 Å². The van der Waals surface area contributed by atoms with Crippen LogP contribution in [0.4, 0.5) is 0 Å². The lowest BCUT2D eigenvalue weighted by atomic mass is 9.86. The molecule has 1 N–H and O–H groups in total. The molecule has 0 aromatic heterocycles. The molecule has 3 nitrogen and oxygen atoms in total. The van der Waals surface area contributed by atoms with E-state index in [1.807, 2.05) is 37.2 Å². The van der Waals surface area contributed by atoms with Crippen LogP contribution in [0.5, 0.6) is 0 Å². The summed E-state index contributed by atoms with van der Waals surface area (Å²) in [7, 11) is 3.86. The van der Waals surface area contributed by atoms with Crippen LogP contribution in [0.3, 0.4) is 0 Å². The van der Waals surface area contributed by atoms with Crippen molar-refractivity contribution >= 4 is 17.8 Å². The van der Waals surface area contributed by atoms with Crippen molar-refractivity contribution < 1.29 is 9.35 Å². The lowest BCUT2D eigenvalue weighted by Gasteiger charge is -2.29. The van der Waals surface area contributed by atoms with Crippen molar-refractivity contribution in [3.05, 3.63) is 29.3 Å². The molecule has 0 fully saturated rings. The number of Topliss-reactive ketones (excluding diaryl/α,β-unsaturated/α-hetero) is 1. The van der Waals surface area contributed by atoms with E-state index in [0.29, 0.717) is 0 Å². The first-order valence-electron chi connectivity index (χ1n) is 5.29. The number of carbonyl (C=O) groups is 1. The second-order valence-electron chi connectivity index (χ2n) is 4.26. The monoisotopic (exact) mass is 237 g/mol. The summed E-state index contributed by atoms with van der Waals surface area (Å²) in [5.41, 5.74) is 1.77. The zero-order valence-corrected chi connectivity index (χ0v) is 10.3. The number of fused-ring (bicyclic) bond motifs is 1. The minimum absolute atomic E-state index is 0.0218. The van der Waals surface area contributed by atoms with Crippen LogP contribution in [0.1, 0.15) is 22.3 Å². The molecular weight excluding hydrogens is 222 g/mol. The minimum Gasteiger partial charge on any atom is -0.325 e. The molecule has 0 spiro atoms. The molecule has 1 aliphatic carbocycles. The highest BCUT2D eigenvalue weighted by molar-refractivity contribution is 7.93. The molecular formula is C12H15NO2S. The molecule has 0 amide bonds. The molecule has 0 radical (unpaired) electrons. The molecule has 0 bridgehead atoms. The van der Waals surface area contributed by atoms with Gasteiger partial charge < -0.3 is 4.55 Å². The van der Waals surface area contributed by atoms with E-state index in [4.69, 9.17) is 4.55 Å². The Morgan fingerprint density at radius 3 is 2.81 bits per heavy atom. The zero-order chi connectivity index (χ0) is 11.7. The summed E-state index contributed by atoms with van der Waals surface area (Å²) in [4.78, 5) is 15.0. The fraction of sp³-hybridized carbons (Fsp3) is 0.417. The van der Waals surface area contributed by atoms with E-state index in [0.717, 1.165) is 40.9 Å². The van der Waals surface area contributed by atoms with E-state index >= 15 is 0 Å². The number of ketones is 1. The Kier molecular flexibility index (Phi) is 3.33. The lowest BCUT2D eigenvalue weighted by molar-refractivity contribution is 0.0852. The molecule has 0 saturated heterocycles. The lowest BCUT2D eigenvalue weighted by Crippen LogP contribution is -2.39. The van der Waals surface area contributed by atoms with Gasteiger partial charge in [-0.1, -0.05) is 12.1 Å². The zero-order valence-electron chi connectivity index (χ0n) is 9.43. The van der Waals surface area contributed by atoms with Gasteiger partial charge in [-0.2, -0.15) is 0 Å². The maximum Gasteiger partial charge on any atom is 0.180 e. The third-order valence-electron chi connectivity index (χ3n) is 3.09. The summed E-state index contributed by atoms with van der Waals surface area (Å²) in [6.07, 6.45) is 1.68. The number of benzene rings is 1. The van der Waals surface area contributed by atoms with Gasteiger partial charge in [-0.05, 0) is 38.6 Å². The van der Waals surface area contributed by atoms with Crippen LogP contribution < -0.4 is 0 Å². The largest absolute Gasteiger partial charge is 0.325 e. The molecule has 1 aliphatic rings. The van der Waals surface area contributed by atoms with Gasteiger partial charge in [0, 0.05) is 22.5 Å². The molecule has 16 heavy (non-hydrogen) atoms. The second kappa shape index (κ2) is 4.57. The first-order valence-corrected chi connectivity index (χ1v) is 6.06. The molecule has 1 aromatic rings. The molecule has 0 heterocycles. The second-order valence-corrected chi connectivity index (χ2v) is 4.88. The SMILES string of the molecule is CN(C)C1CCc2c(SO)cccc2C1=O. The van der Waals surface area contributed by atoms with Crippen LogP contribution >= 0.6 is 12.0 Å². The van der Waals surface area contributed by atoms with Crippen LogP contribution in [0, 0.1) is 0 Å². The summed E-state index contributed by atoms with van der Waals surface area (Å²) in [6.45, 7) is 0. The van der Waals surface area contributed by atoms with Crippen molar-refractivity contribution in [2.24, 2.45) is 0 Å². The molecule has 1 atom stereocenters. The van der Waals surface area contributed by atoms with Crippen molar-refractivity contribution in [3.8, 4) is 0 Å². The van der Waals surface area contributed by atoms with Gasteiger partial charge >= 0.3 is 0 Å². The quantitative estimate of drug-likeness (QED) is 0.801. The fourth-order valence-corrected chi connectivity index (χ4v) is 2.69. The highest BCUT2D eigenvalue weighted by atomic mass is 32.2. The van der Waals surface area contributed by atoms with E-state index in [1.165, 1.54) is 0 Å². The van der Waals surface area contributed by atoms with Crippen molar-refractivity contribution in [1.29, 1.82) is 0 Å². The third kappa shape index (κ3) is 1.88. The Balaban J connectivity index is 2.42. The van der Waals surface area contributed by atoms with Crippen molar-refractivity contribution in [2.45, 2.75) is 23.8 Å². The van der Waals surface area contributed by atoms with Crippen LogP contribution in [-0.4, -0.2) is 35.4 Å². The number of rotatable bonds is 2. The predicted molar refractivity (Wildman–Crippen MR) is 65.1 cm³/mol. The molecule has 0 saturated carbocycles. The van der Waals surface area contributed by atoms with Gasteiger partial charge in [0.05, 0.1) is 6.04 Å². The van der Waals surface area contributed by atoms with Gasteiger partial charge in [0.15, 0.2) is 5.78 Å². The van der Waals surface area contributed by atoms with Gasteiger partial charge in [0.25, 0.3) is 0 Å². The highest BCUT2D eigenvalue weighted by Crippen LogP contribution is 2.30. The standard InChI is InChI=1S/C12H15NO2S/c1-13(2)10-7-6-8-9(12(10)14)4-3-5-11(8)16-15/h3-5,10,15H,6-7H2,1-2H3. The molecule has 1 aromatic carbocycles. The molecule has 0 aliphatic heterocycles. The van der Waals surface area contributed by atoms with E-state index in [-0.39, 0.29) is 11.8 Å². The van der Waals surface area contributed by atoms with Gasteiger partial charge in [0.2, 0.25) is 0 Å². The Morgan fingerprint density at radius 1 is 1.44 bits per heavy atom. The van der Waals surface area contributed by atoms with Crippen LogP contribution in [-0.2, 0) is 6.42 Å². The average Bonchev–Trinajstić information content (AvgIpc) is 2.28. The van der Waals surface area contributed by atoms with Crippen LogP contribution in [0.2, 0.25) is 0 Å². The Morgan fingerprint density at radius 2 is 2.19 bits per heavy atom. The number of hydrogen-bond acceptors (Lipinski definition) is 4. The fourth-order valence-electron chi connectivity index (χ4n) is 2.22. The maximum absolute atomic E-state index is 12.2. The predicted octanol–water partition coefficient (Wildman–Crippen LogP) is 2.31. The molecule has 4 heteroatoms. The highest BCUT2D eigenvalue weighted by Gasteiger charge is 2.29. The van der Waals surface area contributed by atoms with Crippen molar-refractivity contribution in [2.75, 3.05) is 14.1 Å². The Bertz CT molecular complexity index is 417. The normalized spacial score (nSPS) is 20.0. The first-order chi connectivity index (χ1) is 7.65. The van der Waals surface area contributed by atoms with Crippen molar-refractivity contribution in [3.63, 3.8) is 0 Å². The Hall–Kier alpha value is -0.840. The smallest absolute Gasteiger partial charge is 0.180 e. The van der Waals surface area contributed by atoms with Crippen LogP contribution in [0.15, 0.2) is 23.1 Å². The minimum atomic E-state index is -0.0218. The van der Waals surface area contributed by atoms with Crippen LogP contribution in [0.25, 0.3) is 0 Å². The maximum atomic E-state index is 12.2. The Labute approximate surface area is 99.7 Å². The average molecular weight is 237 g/mol. The topological polar surface area (TPSA) is 40.5 Å². The summed E-state index contributed by atoms with van der Waals surface area (Å²) in [5, 5.41) is 0. The van der Waals surface area contributed by atoms with E-state index in [2.05, 4.69) is 0 Å². The molecule has 86 valence electrons. The number of nitrogens with zero attached hydrogens (tertiary/aromatic N) is 1. The van der Waals surface area contributed by atoms with Gasteiger partial charge in [0.1, 0.15) is 0 Å². The first kappa shape index (κ1) is 11.6. The van der Waals surface area contributed by atoms with Gasteiger partial charge in [-0.25, -0.2) is 0 Å². The summed E-state index contributed by atoms with van der Waals surface area (Å²) in [5.74, 6) is 0.169. The number of hydrogen-bond donors (Lipinski definition) is 1. The van der Waals surface area contributed by atoms with Gasteiger partial charge in [-0.3, -0.25) is 9.69 Å². The molecule has 2 rings (SSSR count). The van der Waals surface area contributed by atoms with E-state index in [1.54, 1.807) is 0 Å². The molecule has 1 unspecified atom stereocenters. The number of likely N-dealkylation sites (N-methyl/N-ethyl adjacent to an activating group) is 1. The number of carbonyl (C=O) groups excluding carboxylic acids is 1. The van der Waals surface area contributed by atoms with Crippen molar-refractivity contribution in [1.82, 2.24) is 4.90 Å². The summed E-state index contributed by atoms with van der Waals surface area (Å²) < 4.78 is 9.15. The summed E-state index contributed by atoms with van der Waals surface area (Å²) in [6, 6.07) is 5.51.